The van der Waals surface area contributed by atoms with Crippen molar-refractivity contribution in [2.45, 2.75) is 19.8 Å². The molecule has 2 N–H and O–H groups in total. The Morgan fingerprint density at radius 2 is 2.33 bits per heavy atom. The lowest BCUT2D eigenvalue weighted by Gasteiger charge is -2.05. The zero-order valence-corrected chi connectivity index (χ0v) is 11.6. The van der Waals surface area contributed by atoms with Crippen molar-refractivity contribution in [1.82, 2.24) is 10.9 Å². The van der Waals surface area contributed by atoms with E-state index in [1.165, 1.54) is 6.21 Å². The molecule has 0 fully saturated rings. The van der Waals surface area contributed by atoms with E-state index in [-0.39, 0.29) is 24.7 Å². The van der Waals surface area contributed by atoms with E-state index in [2.05, 4.69) is 21.1 Å². The SMILES string of the molecule is CCOc1ccccc1C=NNC(=O)CC1=NNC(=O)C1. The number of carbonyl (C=O) groups excluding carboxylic acids is 2. The first-order chi connectivity index (χ1) is 10.2. The van der Waals surface area contributed by atoms with Gasteiger partial charge in [0.15, 0.2) is 0 Å². The number of nitrogens with one attached hydrogen (secondary N) is 2. The Kier molecular flexibility index (Phi) is 5.03. The first-order valence-corrected chi connectivity index (χ1v) is 6.57. The molecule has 21 heavy (non-hydrogen) atoms. The molecular weight excluding hydrogens is 272 g/mol. The standard InChI is InChI=1S/C14H16N4O3/c1-2-21-12-6-4-3-5-10(12)9-15-17-13(19)7-11-8-14(20)18-16-11/h3-6,9H,2,7-8H2,1H3,(H,17,19)(H,18,20). The Morgan fingerprint density at radius 3 is 3.05 bits per heavy atom. The van der Waals surface area contributed by atoms with Crippen LogP contribution in [-0.4, -0.2) is 30.3 Å². The molecular formula is C14H16N4O3. The highest BCUT2D eigenvalue weighted by Gasteiger charge is 2.16. The summed E-state index contributed by atoms with van der Waals surface area (Å²) in [4.78, 5) is 22.6. The highest BCUT2D eigenvalue weighted by Crippen LogP contribution is 2.15. The molecule has 7 nitrogen and oxygen atoms in total. The summed E-state index contributed by atoms with van der Waals surface area (Å²) < 4.78 is 5.45. The van der Waals surface area contributed by atoms with Crippen LogP contribution in [0.4, 0.5) is 0 Å². The fraction of sp³-hybridized carbons (Fsp3) is 0.286. The lowest BCUT2D eigenvalue weighted by atomic mass is 10.2. The summed E-state index contributed by atoms with van der Waals surface area (Å²) in [5.74, 6) is 0.176. The van der Waals surface area contributed by atoms with E-state index in [1.807, 2.05) is 31.2 Å². The third-order valence-electron chi connectivity index (χ3n) is 2.68. The predicted molar refractivity (Wildman–Crippen MR) is 78.2 cm³/mol. The van der Waals surface area contributed by atoms with Crippen molar-refractivity contribution in [3.05, 3.63) is 29.8 Å². The summed E-state index contributed by atoms with van der Waals surface area (Å²) in [6.45, 7) is 2.45. The molecule has 0 unspecified atom stereocenters. The average molecular weight is 288 g/mol. The van der Waals surface area contributed by atoms with Crippen LogP contribution in [0.5, 0.6) is 5.75 Å². The number of rotatable bonds is 6. The zero-order chi connectivity index (χ0) is 15.1. The summed E-state index contributed by atoms with van der Waals surface area (Å²) in [7, 11) is 0. The zero-order valence-electron chi connectivity index (χ0n) is 11.6. The molecule has 110 valence electrons. The lowest BCUT2D eigenvalue weighted by Crippen LogP contribution is -2.20. The maximum Gasteiger partial charge on any atom is 0.245 e. The Hall–Kier alpha value is -2.70. The number of hydrazone groups is 2. The molecule has 0 aromatic heterocycles. The Labute approximate surface area is 122 Å². The molecule has 0 bridgehead atoms. The van der Waals surface area contributed by atoms with Crippen LogP contribution in [0.3, 0.4) is 0 Å². The second-order valence-corrected chi connectivity index (χ2v) is 4.33. The molecule has 0 saturated heterocycles. The van der Waals surface area contributed by atoms with Crippen molar-refractivity contribution in [2.75, 3.05) is 6.61 Å². The molecule has 0 radical (unpaired) electrons. The van der Waals surface area contributed by atoms with E-state index in [1.54, 1.807) is 0 Å². The van der Waals surface area contributed by atoms with Gasteiger partial charge < -0.3 is 4.74 Å². The number of carbonyl (C=O) groups is 2. The smallest absolute Gasteiger partial charge is 0.245 e. The fourth-order valence-corrected chi connectivity index (χ4v) is 1.78. The summed E-state index contributed by atoms with van der Waals surface area (Å²) in [5, 5.41) is 7.63. The van der Waals surface area contributed by atoms with Gasteiger partial charge in [-0.05, 0) is 19.1 Å². The molecule has 0 aliphatic carbocycles. The van der Waals surface area contributed by atoms with Gasteiger partial charge in [-0.1, -0.05) is 12.1 Å². The molecule has 0 spiro atoms. The maximum absolute atomic E-state index is 11.6. The van der Waals surface area contributed by atoms with Crippen LogP contribution in [0.25, 0.3) is 0 Å². The van der Waals surface area contributed by atoms with E-state index in [0.717, 1.165) is 5.56 Å². The molecule has 2 rings (SSSR count). The van der Waals surface area contributed by atoms with E-state index in [4.69, 9.17) is 4.74 Å². The van der Waals surface area contributed by atoms with Crippen molar-refractivity contribution in [2.24, 2.45) is 10.2 Å². The number of amides is 2. The fourth-order valence-electron chi connectivity index (χ4n) is 1.78. The first-order valence-electron chi connectivity index (χ1n) is 6.57. The topological polar surface area (TPSA) is 92.2 Å². The van der Waals surface area contributed by atoms with Gasteiger partial charge >= 0.3 is 0 Å². The van der Waals surface area contributed by atoms with E-state index in [9.17, 15) is 9.59 Å². The molecule has 2 amide bonds. The molecule has 1 aliphatic heterocycles. The lowest BCUT2D eigenvalue weighted by molar-refractivity contribution is -0.119. The Morgan fingerprint density at radius 1 is 1.52 bits per heavy atom. The van der Waals surface area contributed by atoms with Gasteiger partial charge in [-0.2, -0.15) is 10.2 Å². The van der Waals surface area contributed by atoms with Gasteiger partial charge in [0.1, 0.15) is 5.75 Å². The molecule has 1 heterocycles. The number of para-hydroxylation sites is 1. The van der Waals surface area contributed by atoms with Crippen molar-refractivity contribution < 1.29 is 14.3 Å². The number of hydrogen-bond acceptors (Lipinski definition) is 5. The number of benzene rings is 1. The second kappa shape index (κ2) is 7.18. The third-order valence-corrected chi connectivity index (χ3v) is 2.68. The summed E-state index contributed by atoms with van der Waals surface area (Å²) in [6, 6.07) is 7.39. The van der Waals surface area contributed by atoms with E-state index >= 15 is 0 Å². The quantitative estimate of drug-likeness (QED) is 0.599. The average Bonchev–Trinajstić information content (AvgIpc) is 2.86. The van der Waals surface area contributed by atoms with Gasteiger partial charge in [-0.25, -0.2) is 10.9 Å². The van der Waals surface area contributed by atoms with E-state index < -0.39 is 0 Å². The third kappa shape index (κ3) is 4.41. The van der Waals surface area contributed by atoms with Gasteiger partial charge in [-0.15, -0.1) is 0 Å². The predicted octanol–water partition coefficient (Wildman–Crippen LogP) is 0.801. The Bertz CT molecular complexity index is 596. The highest BCUT2D eigenvalue weighted by molar-refractivity contribution is 6.11. The van der Waals surface area contributed by atoms with Gasteiger partial charge in [0.25, 0.3) is 0 Å². The summed E-state index contributed by atoms with van der Waals surface area (Å²) >= 11 is 0. The molecule has 0 saturated carbocycles. The van der Waals surface area contributed by atoms with Gasteiger partial charge in [0.05, 0.1) is 31.4 Å². The maximum atomic E-state index is 11.6. The minimum Gasteiger partial charge on any atom is -0.493 e. The van der Waals surface area contributed by atoms with Crippen LogP contribution in [0, 0.1) is 0 Å². The molecule has 1 aromatic rings. The molecule has 1 aliphatic rings. The van der Waals surface area contributed by atoms with Crippen molar-refractivity contribution in [3.8, 4) is 5.75 Å². The minimum absolute atomic E-state index is 0.0448. The first kappa shape index (κ1) is 14.7. The van der Waals surface area contributed by atoms with Crippen LogP contribution in [0.15, 0.2) is 34.5 Å². The van der Waals surface area contributed by atoms with Crippen molar-refractivity contribution in [1.29, 1.82) is 0 Å². The van der Waals surface area contributed by atoms with Gasteiger partial charge in [-0.3, -0.25) is 9.59 Å². The van der Waals surface area contributed by atoms with Gasteiger partial charge in [0, 0.05) is 5.56 Å². The molecule has 1 aromatic carbocycles. The molecule has 0 atom stereocenters. The van der Waals surface area contributed by atoms with Crippen LogP contribution in [0.1, 0.15) is 25.3 Å². The Balaban J connectivity index is 1.87. The van der Waals surface area contributed by atoms with Gasteiger partial charge in [0.2, 0.25) is 11.8 Å². The van der Waals surface area contributed by atoms with Crippen LogP contribution < -0.4 is 15.6 Å². The van der Waals surface area contributed by atoms with Crippen molar-refractivity contribution in [3.63, 3.8) is 0 Å². The number of ether oxygens (including phenoxy) is 1. The van der Waals surface area contributed by atoms with Crippen LogP contribution >= 0.6 is 0 Å². The minimum atomic E-state index is -0.324. The number of hydrogen-bond donors (Lipinski definition) is 2. The van der Waals surface area contributed by atoms with Crippen LogP contribution in [-0.2, 0) is 9.59 Å². The normalized spacial score (nSPS) is 14.0. The molecule has 7 heteroatoms. The number of nitrogens with zero attached hydrogens (tertiary/aromatic N) is 2. The van der Waals surface area contributed by atoms with E-state index in [0.29, 0.717) is 18.1 Å². The summed E-state index contributed by atoms with van der Waals surface area (Å²) in [5.41, 5.74) is 5.96. The highest BCUT2D eigenvalue weighted by atomic mass is 16.5. The second-order valence-electron chi connectivity index (χ2n) is 4.33. The monoisotopic (exact) mass is 288 g/mol. The summed E-state index contributed by atoms with van der Waals surface area (Å²) in [6.07, 6.45) is 1.72. The largest absolute Gasteiger partial charge is 0.493 e. The van der Waals surface area contributed by atoms with Crippen LogP contribution in [0.2, 0.25) is 0 Å². The van der Waals surface area contributed by atoms with Crippen molar-refractivity contribution >= 4 is 23.7 Å².